The Kier molecular flexibility index (Phi) is 4.91. The van der Waals surface area contributed by atoms with E-state index in [1.165, 1.54) is 5.56 Å². The van der Waals surface area contributed by atoms with E-state index < -0.39 is 0 Å². The minimum absolute atomic E-state index is 0.166. The standard InChI is InChI=1S/C21H25N3O2/c1-15(25)24-12-11-20-19(13-24)21(23-22-20)17-7-9-18(10-8-17)26-14-16-5-3-2-4-6-16/h2-10,19-23H,11-14H2,1H3. The number of likely N-dealkylation sites (tertiary alicyclic amines) is 1. The van der Waals surface area contributed by atoms with Gasteiger partial charge in [0.05, 0.1) is 6.04 Å². The highest BCUT2D eigenvalue weighted by Crippen LogP contribution is 2.34. The predicted octanol–water partition coefficient (Wildman–Crippen LogP) is 2.65. The maximum absolute atomic E-state index is 11.7. The van der Waals surface area contributed by atoms with Gasteiger partial charge < -0.3 is 9.64 Å². The number of benzene rings is 2. The van der Waals surface area contributed by atoms with Crippen LogP contribution in [-0.4, -0.2) is 29.9 Å². The van der Waals surface area contributed by atoms with Gasteiger partial charge in [-0.2, -0.15) is 0 Å². The molecule has 2 heterocycles. The average molecular weight is 351 g/mol. The van der Waals surface area contributed by atoms with Gasteiger partial charge in [-0.25, -0.2) is 5.43 Å². The van der Waals surface area contributed by atoms with Gasteiger partial charge in [-0.15, -0.1) is 0 Å². The molecule has 0 spiro atoms. The quantitative estimate of drug-likeness (QED) is 0.889. The van der Waals surface area contributed by atoms with Crippen LogP contribution in [0.15, 0.2) is 54.6 Å². The molecule has 2 saturated heterocycles. The third-order valence-electron chi connectivity index (χ3n) is 5.44. The summed E-state index contributed by atoms with van der Waals surface area (Å²) in [6, 6.07) is 19.1. The van der Waals surface area contributed by atoms with Crippen molar-refractivity contribution >= 4 is 5.91 Å². The number of ether oxygens (including phenoxy) is 1. The van der Waals surface area contributed by atoms with Crippen molar-refractivity contribution in [2.75, 3.05) is 13.1 Å². The van der Waals surface area contributed by atoms with E-state index in [1.54, 1.807) is 6.92 Å². The van der Waals surface area contributed by atoms with E-state index in [0.717, 1.165) is 30.8 Å². The maximum atomic E-state index is 11.7. The third-order valence-corrected chi connectivity index (χ3v) is 5.44. The second-order valence-electron chi connectivity index (χ2n) is 7.13. The summed E-state index contributed by atoms with van der Waals surface area (Å²) >= 11 is 0. The number of carbonyl (C=O) groups is 1. The first kappa shape index (κ1) is 17.1. The molecular weight excluding hydrogens is 326 g/mol. The third kappa shape index (κ3) is 3.59. The fraction of sp³-hybridized carbons (Fsp3) is 0.381. The van der Waals surface area contributed by atoms with E-state index >= 15 is 0 Å². The van der Waals surface area contributed by atoms with Crippen molar-refractivity contribution in [1.82, 2.24) is 15.8 Å². The van der Waals surface area contributed by atoms with Crippen LogP contribution in [0.4, 0.5) is 0 Å². The van der Waals surface area contributed by atoms with Crippen molar-refractivity contribution in [3.05, 3.63) is 65.7 Å². The highest BCUT2D eigenvalue weighted by molar-refractivity contribution is 5.73. The lowest BCUT2D eigenvalue weighted by atomic mass is 9.85. The van der Waals surface area contributed by atoms with Gasteiger partial charge in [0.15, 0.2) is 0 Å². The van der Waals surface area contributed by atoms with E-state index in [-0.39, 0.29) is 11.9 Å². The van der Waals surface area contributed by atoms with Gasteiger partial charge in [0, 0.05) is 32.0 Å². The van der Waals surface area contributed by atoms with Crippen LogP contribution in [0, 0.1) is 5.92 Å². The lowest BCUT2D eigenvalue weighted by Gasteiger charge is -2.35. The molecule has 3 atom stereocenters. The largest absolute Gasteiger partial charge is 0.489 e. The summed E-state index contributed by atoms with van der Waals surface area (Å²) in [5.74, 6) is 1.43. The summed E-state index contributed by atoms with van der Waals surface area (Å²) in [4.78, 5) is 13.7. The SMILES string of the molecule is CC(=O)N1CCC2NNC(c3ccc(OCc4ccccc4)cc3)C2C1. The Balaban J connectivity index is 1.41. The molecule has 5 heteroatoms. The summed E-state index contributed by atoms with van der Waals surface area (Å²) in [7, 11) is 0. The van der Waals surface area contributed by atoms with Crippen LogP contribution >= 0.6 is 0 Å². The molecule has 4 rings (SSSR count). The number of amides is 1. The fourth-order valence-electron chi connectivity index (χ4n) is 3.93. The summed E-state index contributed by atoms with van der Waals surface area (Å²) in [6.45, 7) is 3.87. The minimum Gasteiger partial charge on any atom is -0.489 e. The van der Waals surface area contributed by atoms with Crippen LogP contribution in [0.25, 0.3) is 0 Å². The number of hydrazine groups is 1. The highest BCUT2D eigenvalue weighted by atomic mass is 16.5. The first-order valence-corrected chi connectivity index (χ1v) is 9.24. The summed E-state index contributed by atoms with van der Waals surface area (Å²) in [6.07, 6.45) is 0.992. The normalized spacial score (nSPS) is 25.0. The zero-order valence-corrected chi connectivity index (χ0v) is 15.0. The monoisotopic (exact) mass is 351 g/mol. The Hall–Kier alpha value is -2.37. The summed E-state index contributed by atoms with van der Waals surface area (Å²) in [5, 5.41) is 0. The number of rotatable bonds is 4. The molecule has 1 amide bonds. The fourth-order valence-corrected chi connectivity index (χ4v) is 3.93. The number of hydrogen-bond donors (Lipinski definition) is 2. The summed E-state index contributed by atoms with van der Waals surface area (Å²) in [5.41, 5.74) is 9.22. The molecule has 26 heavy (non-hydrogen) atoms. The second kappa shape index (κ2) is 7.48. The topological polar surface area (TPSA) is 53.6 Å². The average Bonchev–Trinajstić information content (AvgIpc) is 3.11. The Morgan fingerprint density at radius 2 is 1.88 bits per heavy atom. The molecule has 2 aromatic carbocycles. The molecule has 5 nitrogen and oxygen atoms in total. The van der Waals surface area contributed by atoms with Gasteiger partial charge in [0.2, 0.25) is 5.91 Å². The molecule has 0 aliphatic carbocycles. The van der Waals surface area contributed by atoms with Crippen LogP contribution in [-0.2, 0) is 11.4 Å². The van der Waals surface area contributed by atoms with E-state index in [0.29, 0.717) is 18.6 Å². The highest BCUT2D eigenvalue weighted by Gasteiger charge is 2.40. The van der Waals surface area contributed by atoms with Crippen molar-refractivity contribution in [2.45, 2.75) is 32.0 Å². The Morgan fingerprint density at radius 3 is 2.62 bits per heavy atom. The number of nitrogens with zero attached hydrogens (tertiary/aromatic N) is 1. The molecule has 0 aromatic heterocycles. The molecule has 2 aliphatic rings. The van der Waals surface area contributed by atoms with Crippen molar-refractivity contribution in [3.8, 4) is 5.75 Å². The number of nitrogens with one attached hydrogen (secondary N) is 2. The van der Waals surface area contributed by atoms with Gasteiger partial charge in [-0.1, -0.05) is 42.5 Å². The number of carbonyl (C=O) groups excluding carboxylic acids is 1. The molecule has 0 bridgehead atoms. The van der Waals surface area contributed by atoms with E-state index in [1.807, 2.05) is 35.2 Å². The molecule has 2 N–H and O–H groups in total. The molecular formula is C21H25N3O2. The molecule has 2 aliphatic heterocycles. The molecule has 136 valence electrons. The Morgan fingerprint density at radius 1 is 1.12 bits per heavy atom. The first-order valence-electron chi connectivity index (χ1n) is 9.24. The lowest BCUT2D eigenvalue weighted by molar-refractivity contribution is -0.130. The van der Waals surface area contributed by atoms with Crippen LogP contribution < -0.4 is 15.6 Å². The molecule has 2 fully saturated rings. The minimum atomic E-state index is 0.166. The van der Waals surface area contributed by atoms with Gasteiger partial charge in [-0.3, -0.25) is 10.2 Å². The van der Waals surface area contributed by atoms with Crippen LogP contribution in [0.3, 0.4) is 0 Å². The predicted molar refractivity (Wildman–Crippen MR) is 100 cm³/mol. The molecule has 0 saturated carbocycles. The lowest BCUT2D eigenvalue weighted by Crippen LogP contribution is -2.47. The summed E-state index contributed by atoms with van der Waals surface area (Å²) < 4.78 is 5.88. The van der Waals surface area contributed by atoms with Crippen LogP contribution in [0.1, 0.15) is 30.5 Å². The number of fused-ring (bicyclic) bond motifs is 1. The number of piperidine rings is 1. The zero-order chi connectivity index (χ0) is 17.9. The molecule has 3 unspecified atom stereocenters. The van der Waals surface area contributed by atoms with Crippen molar-refractivity contribution in [1.29, 1.82) is 0 Å². The van der Waals surface area contributed by atoms with E-state index in [4.69, 9.17) is 4.74 Å². The smallest absolute Gasteiger partial charge is 0.219 e. The maximum Gasteiger partial charge on any atom is 0.219 e. The second-order valence-corrected chi connectivity index (χ2v) is 7.13. The van der Waals surface area contributed by atoms with Crippen molar-refractivity contribution in [3.63, 3.8) is 0 Å². The van der Waals surface area contributed by atoms with Crippen molar-refractivity contribution < 1.29 is 9.53 Å². The van der Waals surface area contributed by atoms with Crippen LogP contribution in [0.5, 0.6) is 5.75 Å². The molecule has 0 radical (unpaired) electrons. The van der Waals surface area contributed by atoms with E-state index in [9.17, 15) is 4.79 Å². The Bertz CT molecular complexity index is 748. The van der Waals surface area contributed by atoms with Gasteiger partial charge in [-0.05, 0) is 29.7 Å². The molecule has 2 aromatic rings. The van der Waals surface area contributed by atoms with Gasteiger partial charge in [0.1, 0.15) is 12.4 Å². The first-order chi connectivity index (χ1) is 12.7. The zero-order valence-electron chi connectivity index (χ0n) is 15.0. The van der Waals surface area contributed by atoms with Crippen LogP contribution in [0.2, 0.25) is 0 Å². The van der Waals surface area contributed by atoms with E-state index in [2.05, 4.69) is 35.1 Å². The number of hydrogen-bond acceptors (Lipinski definition) is 4. The van der Waals surface area contributed by atoms with Crippen molar-refractivity contribution in [2.24, 2.45) is 5.92 Å². The Labute approximate surface area is 154 Å². The van der Waals surface area contributed by atoms with Gasteiger partial charge >= 0.3 is 0 Å². The van der Waals surface area contributed by atoms with Gasteiger partial charge in [0.25, 0.3) is 0 Å².